The Labute approximate surface area is 110 Å². The lowest BCUT2D eigenvalue weighted by atomic mass is 10.0. The molecular weight excluding hydrogens is 255 g/mol. The van der Waals surface area contributed by atoms with Crippen LogP contribution in [0.2, 0.25) is 10.0 Å². The molecule has 0 radical (unpaired) electrons. The third-order valence-corrected chi connectivity index (χ3v) is 3.50. The number of hydrogen-bond donors (Lipinski definition) is 0. The van der Waals surface area contributed by atoms with E-state index in [9.17, 15) is 0 Å². The lowest BCUT2D eigenvalue weighted by Crippen LogP contribution is -1.85. The Kier molecular flexibility index (Phi) is 2.83. The first-order chi connectivity index (χ1) is 8.25. The van der Waals surface area contributed by atoms with Crippen LogP contribution in [0, 0.1) is 0 Å². The van der Waals surface area contributed by atoms with E-state index >= 15 is 0 Å². The van der Waals surface area contributed by atoms with Crippen molar-refractivity contribution < 1.29 is 4.74 Å². The molecule has 1 aliphatic rings. The van der Waals surface area contributed by atoms with Gasteiger partial charge in [-0.25, -0.2) is 0 Å². The molecule has 0 spiro atoms. The molecule has 3 rings (SSSR count). The van der Waals surface area contributed by atoms with Gasteiger partial charge in [-0.05, 0) is 23.8 Å². The lowest BCUT2D eigenvalue weighted by Gasteiger charge is -1.99. The molecule has 0 N–H and O–H groups in total. The highest BCUT2D eigenvalue weighted by atomic mass is 35.5. The zero-order chi connectivity index (χ0) is 11.8. The molecule has 3 heteroatoms. The molecule has 2 aromatic carbocycles. The topological polar surface area (TPSA) is 12.5 Å². The van der Waals surface area contributed by atoms with Gasteiger partial charge in [-0.2, -0.15) is 0 Å². The van der Waals surface area contributed by atoms with Gasteiger partial charge in [0.15, 0.2) is 0 Å². The van der Waals surface area contributed by atoms with E-state index in [1.807, 2.05) is 48.5 Å². The summed E-state index contributed by atoms with van der Waals surface area (Å²) in [4.78, 5) is 0. The maximum absolute atomic E-state index is 6.14. The zero-order valence-electron chi connectivity index (χ0n) is 8.94. The highest BCUT2D eigenvalue weighted by Gasteiger charge is 2.42. The quantitative estimate of drug-likeness (QED) is 0.710. The Balaban J connectivity index is 1.83. The monoisotopic (exact) mass is 264 g/mol. The summed E-state index contributed by atoms with van der Waals surface area (Å²) in [5.74, 6) is 0. The van der Waals surface area contributed by atoms with Crippen molar-refractivity contribution in [3.63, 3.8) is 0 Å². The van der Waals surface area contributed by atoms with E-state index in [1.54, 1.807) is 0 Å². The molecule has 86 valence electrons. The molecule has 17 heavy (non-hydrogen) atoms. The number of benzene rings is 2. The van der Waals surface area contributed by atoms with Crippen LogP contribution in [0.1, 0.15) is 23.3 Å². The molecule has 1 nitrogen and oxygen atoms in total. The minimum absolute atomic E-state index is 0.0740. The van der Waals surface area contributed by atoms with E-state index in [1.165, 1.54) is 0 Å². The Hall–Kier alpha value is -1.02. The average Bonchev–Trinajstić information content (AvgIpc) is 3.11. The van der Waals surface area contributed by atoms with Gasteiger partial charge in [-0.15, -0.1) is 0 Å². The Morgan fingerprint density at radius 1 is 0.824 bits per heavy atom. The van der Waals surface area contributed by atoms with Crippen LogP contribution < -0.4 is 0 Å². The molecule has 1 heterocycles. The van der Waals surface area contributed by atoms with Crippen LogP contribution in [0.3, 0.4) is 0 Å². The molecule has 0 saturated carbocycles. The first kappa shape index (κ1) is 11.1. The summed E-state index contributed by atoms with van der Waals surface area (Å²) in [5.41, 5.74) is 2.19. The second kappa shape index (κ2) is 4.34. The second-order valence-electron chi connectivity index (χ2n) is 4.05. The largest absolute Gasteiger partial charge is 0.359 e. The molecule has 0 aromatic heterocycles. The molecule has 0 bridgehead atoms. The van der Waals surface area contributed by atoms with Gasteiger partial charge in [0.1, 0.15) is 12.2 Å². The van der Waals surface area contributed by atoms with Gasteiger partial charge in [0.2, 0.25) is 0 Å². The van der Waals surface area contributed by atoms with Gasteiger partial charge in [0, 0.05) is 15.6 Å². The minimum atomic E-state index is 0.0740. The van der Waals surface area contributed by atoms with E-state index in [-0.39, 0.29) is 12.2 Å². The molecule has 2 aromatic rings. The maximum Gasteiger partial charge on any atom is 0.115 e. The number of ether oxygens (including phenoxy) is 1. The van der Waals surface area contributed by atoms with E-state index < -0.39 is 0 Å². The van der Waals surface area contributed by atoms with Gasteiger partial charge in [-0.1, -0.05) is 53.5 Å². The van der Waals surface area contributed by atoms with Crippen LogP contribution in [0.25, 0.3) is 0 Å². The average molecular weight is 265 g/mol. The number of halogens is 2. The fourth-order valence-electron chi connectivity index (χ4n) is 1.96. The smallest absolute Gasteiger partial charge is 0.115 e. The van der Waals surface area contributed by atoms with Crippen molar-refractivity contribution >= 4 is 23.2 Å². The molecule has 1 aliphatic heterocycles. The standard InChI is InChI=1S/C14H10Cl2O/c15-10-7-5-9(6-8-10)13-14(17-13)11-3-1-2-4-12(11)16/h1-8,13-14H/t13?,14-/m1/s1. The number of hydrogen-bond acceptors (Lipinski definition) is 1. The van der Waals surface area contributed by atoms with E-state index in [0.717, 1.165) is 21.2 Å². The van der Waals surface area contributed by atoms with Crippen molar-refractivity contribution in [2.75, 3.05) is 0 Å². The van der Waals surface area contributed by atoms with E-state index in [2.05, 4.69) is 0 Å². The summed E-state index contributed by atoms with van der Waals surface area (Å²) in [6.07, 6.45) is 0.178. The van der Waals surface area contributed by atoms with Crippen molar-refractivity contribution in [1.82, 2.24) is 0 Å². The highest BCUT2D eigenvalue weighted by Crippen LogP contribution is 2.52. The second-order valence-corrected chi connectivity index (χ2v) is 4.89. The fourth-order valence-corrected chi connectivity index (χ4v) is 2.33. The van der Waals surface area contributed by atoms with E-state index in [0.29, 0.717) is 0 Å². The van der Waals surface area contributed by atoms with Crippen LogP contribution in [0.15, 0.2) is 48.5 Å². The maximum atomic E-state index is 6.14. The predicted octanol–water partition coefficient (Wildman–Crippen LogP) is 4.81. The summed E-state index contributed by atoms with van der Waals surface area (Å²) in [6.45, 7) is 0. The molecule has 2 atom stereocenters. The van der Waals surface area contributed by atoms with Gasteiger partial charge in [-0.3, -0.25) is 0 Å². The third-order valence-electron chi connectivity index (χ3n) is 2.90. The van der Waals surface area contributed by atoms with Gasteiger partial charge >= 0.3 is 0 Å². The van der Waals surface area contributed by atoms with Crippen LogP contribution in [-0.2, 0) is 4.74 Å². The minimum Gasteiger partial charge on any atom is -0.359 e. The fraction of sp³-hybridized carbons (Fsp3) is 0.143. The molecule has 1 unspecified atom stereocenters. The van der Waals surface area contributed by atoms with Gasteiger partial charge < -0.3 is 4.74 Å². The Bertz CT molecular complexity index is 536. The van der Waals surface area contributed by atoms with Crippen LogP contribution in [0.5, 0.6) is 0 Å². The van der Waals surface area contributed by atoms with Crippen LogP contribution >= 0.6 is 23.2 Å². The molecular formula is C14H10Cl2O. The third kappa shape index (κ3) is 2.19. The van der Waals surface area contributed by atoms with Crippen molar-refractivity contribution in [1.29, 1.82) is 0 Å². The summed E-state index contributed by atoms with van der Waals surface area (Å²) in [7, 11) is 0. The lowest BCUT2D eigenvalue weighted by molar-refractivity contribution is 0.378. The first-order valence-corrected chi connectivity index (χ1v) is 6.16. The van der Waals surface area contributed by atoms with Gasteiger partial charge in [0.25, 0.3) is 0 Å². The zero-order valence-corrected chi connectivity index (χ0v) is 10.4. The molecule has 1 saturated heterocycles. The molecule has 0 amide bonds. The van der Waals surface area contributed by atoms with Crippen molar-refractivity contribution in [3.8, 4) is 0 Å². The van der Waals surface area contributed by atoms with Crippen LogP contribution in [-0.4, -0.2) is 0 Å². The van der Waals surface area contributed by atoms with Crippen molar-refractivity contribution in [3.05, 3.63) is 69.7 Å². The van der Waals surface area contributed by atoms with Crippen LogP contribution in [0.4, 0.5) is 0 Å². The summed E-state index contributed by atoms with van der Waals surface area (Å²) >= 11 is 12.0. The van der Waals surface area contributed by atoms with Crippen molar-refractivity contribution in [2.45, 2.75) is 12.2 Å². The normalized spacial score (nSPS) is 22.5. The summed E-state index contributed by atoms with van der Waals surface area (Å²) < 4.78 is 5.68. The number of epoxide rings is 1. The Morgan fingerprint density at radius 3 is 2.24 bits per heavy atom. The number of rotatable bonds is 2. The van der Waals surface area contributed by atoms with Crippen molar-refractivity contribution in [2.24, 2.45) is 0 Å². The molecule has 0 aliphatic carbocycles. The predicted molar refractivity (Wildman–Crippen MR) is 69.5 cm³/mol. The first-order valence-electron chi connectivity index (χ1n) is 5.41. The highest BCUT2D eigenvalue weighted by molar-refractivity contribution is 6.31. The SMILES string of the molecule is Clc1ccc(C2O[C@@H]2c2ccccc2Cl)cc1. The summed E-state index contributed by atoms with van der Waals surface area (Å²) in [5, 5.41) is 1.50. The van der Waals surface area contributed by atoms with E-state index in [4.69, 9.17) is 27.9 Å². The Morgan fingerprint density at radius 2 is 1.53 bits per heavy atom. The molecule has 1 fully saturated rings. The summed E-state index contributed by atoms with van der Waals surface area (Å²) in [6, 6.07) is 15.5. The van der Waals surface area contributed by atoms with Gasteiger partial charge in [0.05, 0.1) is 0 Å².